The molecule has 2 aromatic rings. The molecule has 0 saturated carbocycles. The van der Waals surface area contributed by atoms with E-state index < -0.39 is 0 Å². The first-order valence-electron chi connectivity index (χ1n) is 5.84. The summed E-state index contributed by atoms with van der Waals surface area (Å²) in [6.07, 6.45) is 5.07. The van der Waals surface area contributed by atoms with Crippen LogP contribution in [0.2, 0.25) is 0 Å². The van der Waals surface area contributed by atoms with E-state index >= 15 is 0 Å². The van der Waals surface area contributed by atoms with Gasteiger partial charge in [-0.1, -0.05) is 18.2 Å². The Kier molecular flexibility index (Phi) is 3.72. The van der Waals surface area contributed by atoms with E-state index in [-0.39, 0.29) is 11.6 Å². The number of halogens is 1. The number of rotatable bonds is 4. The zero-order valence-electron chi connectivity index (χ0n) is 10.1. The number of benzene rings is 1. The van der Waals surface area contributed by atoms with Crippen LogP contribution in [0, 0.1) is 5.82 Å². The van der Waals surface area contributed by atoms with Gasteiger partial charge in [0.05, 0.1) is 5.69 Å². The molecule has 0 N–H and O–H groups in total. The Morgan fingerprint density at radius 2 is 2.00 bits per heavy atom. The van der Waals surface area contributed by atoms with Crippen LogP contribution in [-0.4, -0.2) is 10.4 Å². The lowest BCUT2D eigenvalue weighted by Crippen LogP contribution is -2.04. The van der Waals surface area contributed by atoms with Gasteiger partial charge in [0.2, 0.25) is 5.78 Å². The molecule has 0 radical (unpaired) electrons. The van der Waals surface area contributed by atoms with Gasteiger partial charge in [0, 0.05) is 12.7 Å². The smallest absolute Gasteiger partial charge is 0.202 e. The zero-order valence-corrected chi connectivity index (χ0v) is 10.1. The number of carbonyl (C=O) groups is 1. The molecule has 0 aliphatic rings. The maximum Gasteiger partial charge on any atom is 0.202 e. The first kappa shape index (κ1) is 12.3. The SMILES string of the molecule is CCn1cccc1C(=O)/C=C/c1ccc(F)cc1. The number of nitrogens with zero attached hydrogens (tertiary/aromatic N) is 1. The normalized spacial score (nSPS) is 11.0. The maximum absolute atomic E-state index is 12.7. The van der Waals surface area contributed by atoms with E-state index in [4.69, 9.17) is 0 Å². The van der Waals surface area contributed by atoms with Gasteiger partial charge in [0.15, 0.2) is 0 Å². The van der Waals surface area contributed by atoms with Crippen LogP contribution >= 0.6 is 0 Å². The van der Waals surface area contributed by atoms with Gasteiger partial charge in [0.25, 0.3) is 0 Å². The van der Waals surface area contributed by atoms with Crippen LogP contribution in [0.1, 0.15) is 23.0 Å². The summed E-state index contributed by atoms with van der Waals surface area (Å²) in [7, 11) is 0. The molecular formula is C15H14FNO. The molecule has 1 aromatic heterocycles. The van der Waals surface area contributed by atoms with Gasteiger partial charge < -0.3 is 4.57 Å². The molecule has 0 aliphatic heterocycles. The molecule has 0 bridgehead atoms. The molecule has 0 aliphatic carbocycles. The van der Waals surface area contributed by atoms with Gasteiger partial charge in [0.1, 0.15) is 5.82 Å². The van der Waals surface area contributed by atoms with E-state index in [1.165, 1.54) is 18.2 Å². The van der Waals surface area contributed by atoms with Crippen molar-refractivity contribution in [3.05, 3.63) is 65.7 Å². The summed E-state index contributed by atoms with van der Waals surface area (Å²) in [5, 5.41) is 0. The summed E-state index contributed by atoms with van der Waals surface area (Å²) in [6, 6.07) is 9.66. The average Bonchev–Trinajstić information content (AvgIpc) is 2.86. The minimum atomic E-state index is -0.279. The second-order valence-electron chi connectivity index (χ2n) is 3.93. The van der Waals surface area contributed by atoms with E-state index in [9.17, 15) is 9.18 Å². The quantitative estimate of drug-likeness (QED) is 0.594. The molecule has 2 rings (SSSR count). The summed E-state index contributed by atoms with van der Waals surface area (Å²) in [4.78, 5) is 11.9. The van der Waals surface area contributed by atoms with Crippen molar-refractivity contribution in [3.8, 4) is 0 Å². The van der Waals surface area contributed by atoms with Crippen molar-refractivity contribution in [3.63, 3.8) is 0 Å². The fraction of sp³-hybridized carbons (Fsp3) is 0.133. The highest BCUT2D eigenvalue weighted by atomic mass is 19.1. The van der Waals surface area contributed by atoms with Crippen molar-refractivity contribution < 1.29 is 9.18 Å². The monoisotopic (exact) mass is 243 g/mol. The Hall–Kier alpha value is -2.16. The standard InChI is InChI=1S/C15H14FNO/c1-2-17-11-3-4-14(17)15(18)10-7-12-5-8-13(16)9-6-12/h3-11H,2H2,1H3/b10-7+. The predicted molar refractivity (Wildman–Crippen MR) is 69.9 cm³/mol. The van der Waals surface area contributed by atoms with Crippen LogP contribution in [-0.2, 0) is 6.54 Å². The Labute approximate surface area is 105 Å². The molecular weight excluding hydrogens is 229 g/mol. The molecule has 18 heavy (non-hydrogen) atoms. The Morgan fingerprint density at radius 3 is 2.67 bits per heavy atom. The Balaban J connectivity index is 2.14. The molecule has 2 nitrogen and oxygen atoms in total. The highest BCUT2D eigenvalue weighted by molar-refractivity contribution is 6.05. The van der Waals surface area contributed by atoms with Gasteiger partial charge in [-0.15, -0.1) is 0 Å². The molecule has 0 atom stereocenters. The summed E-state index contributed by atoms with van der Waals surface area (Å²) >= 11 is 0. The van der Waals surface area contributed by atoms with Gasteiger partial charge >= 0.3 is 0 Å². The lowest BCUT2D eigenvalue weighted by Gasteiger charge is -2.01. The largest absolute Gasteiger partial charge is 0.345 e. The molecule has 0 fully saturated rings. The van der Waals surface area contributed by atoms with E-state index in [1.54, 1.807) is 24.3 Å². The predicted octanol–water partition coefficient (Wildman–Crippen LogP) is 3.54. The van der Waals surface area contributed by atoms with Gasteiger partial charge in [-0.05, 0) is 42.8 Å². The van der Waals surface area contributed by atoms with Crippen molar-refractivity contribution in [1.29, 1.82) is 0 Å². The average molecular weight is 243 g/mol. The molecule has 1 heterocycles. The first-order valence-corrected chi connectivity index (χ1v) is 5.84. The number of hydrogen-bond acceptors (Lipinski definition) is 1. The van der Waals surface area contributed by atoms with Crippen LogP contribution in [0.15, 0.2) is 48.7 Å². The second-order valence-corrected chi connectivity index (χ2v) is 3.93. The maximum atomic E-state index is 12.7. The number of allylic oxidation sites excluding steroid dienone is 1. The summed E-state index contributed by atoms with van der Waals surface area (Å²) < 4.78 is 14.6. The third kappa shape index (κ3) is 2.74. The Bertz CT molecular complexity index is 566. The molecule has 1 aromatic carbocycles. The number of hydrogen-bond donors (Lipinski definition) is 0. The lowest BCUT2D eigenvalue weighted by atomic mass is 10.1. The summed E-state index contributed by atoms with van der Waals surface area (Å²) in [6.45, 7) is 2.75. The number of ketones is 1. The highest BCUT2D eigenvalue weighted by Gasteiger charge is 2.05. The first-order chi connectivity index (χ1) is 8.70. The van der Waals surface area contributed by atoms with Crippen LogP contribution in [0.5, 0.6) is 0 Å². The number of carbonyl (C=O) groups excluding carboxylic acids is 1. The van der Waals surface area contributed by atoms with E-state index in [2.05, 4.69) is 0 Å². The molecule has 3 heteroatoms. The minimum Gasteiger partial charge on any atom is -0.345 e. The van der Waals surface area contributed by atoms with Gasteiger partial charge in [-0.25, -0.2) is 4.39 Å². The zero-order chi connectivity index (χ0) is 13.0. The number of aryl methyl sites for hydroxylation is 1. The highest BCUT2D eigenvalue weighted by Crippen LogP contribution is 2.08. The lowest BCUT2D eigenvalue weighted by molar-refractivity contribution is 0.103. The van der Waals surface area contributed by atoms with Crippen LogP contribution in [0.25, 0.3) is 6.08 Å². The van der Waals surface area contributed by atoms with Crippen LogP contribution in [0.3, 0.4) is 0 Å². The third-order valence-electron chi connectivity index (χ3n) is 2.72. The number of aromatic nitrogens is 1. The topological polar surface area (TPSA) is 22.0 Å². The second kappa shape index (κ2) is 5.45. The fourth-order valence-corrected chi connectivity index (χ4v) is 1.74. The molecule has 92 valence electrons. The molecule has 0 unspecified atom stereocenters. The van der Waals surface area contributed by atoms with Crippen LogP contribution in [0.4, 0.5) is 4.39 Å². The molecule has 0 amide bonds. The van der Waals surface area contributed by atoms with E-state index in [1.807, 2.05) is 23.8 Å². The fourth-order valence-electron chi connectivity index (χ4n) is 1.74. The van der Waals surface area contributed by atoms with Gasteiger partial charge in [-0.2, -0.15) is 0 Å². The van der Waals surface area contributed by atoms with Crippen molar-refractivity contribution in [2.24, 2.45) is 0 Å². The third-order valence-corrected chi connectivity index (χ3v) is 2.72. The van der Waals surface area contributed by atoms with E-state index in [0.29, 0.717) is 5.69 Å². The summed E-state index contributed by atoms with van der Waals surface area (Å²) in [5.74, 6) is -0.329. The minimum absolute atomic E-state index is 0.0498. The van der Waals surface area contributed by atoms with Crippen molar-refractivity contribution in [2.45, 2.75) is 13.5 Å². The molecule has 0 spiro atoms. The van der Waals surface area contributed by atoms with Crippen molar-refractivity contribution in [1.82, 2.24) is 4.57 Å². The van der Waals surface area contributed by atoms with Gasteiger partial charge in [-0.3, -0.25) is 4.79 Å². The van der Waals surface area contributed by atoms with Crippen molar-refractivity contribution in [2.75, 3.05) is 0 Å². The van der Waals surface area contributed by atoms with Crippen molar-refractivity contribution >= 4 is 11.9 Å². The Morgan fingerprint density at radius 1 is 1.28 bits per heavy atom. The van der Waals surface area contributed by atoms with E-state index in [0.717, 1.165) is 12.1 Å². The summed E-state index contributed by atoms with van der Waals surface area (Å²) in [5.41, 5.74) is 1.47. The van der Waals surface area contributed by atoms with Crippen LogP contribution < -0.4 is 0 Å². The molecule has 0 saturated heterocycles.